The third kappa shape index (κ3) is 2.75. The predicted octanol–water partition coefficient (Wildman–Crippen LogP) is 1.08. The first-order valence-corrected chi connectivity index (χ1v) is 7.81. The average Bonchev–Trinajstić information content (AvgIpc) is 2.29. The van der Waals surface area contributed by atoms with Gasteiger partial charge in [-0.15, -0.1) is 0 Å². The molecule has 106 valence electrons. The van der Waals surface area contributed by atoms with E-state index < -0.39 is 15.6 Å². The van der Waals surface area contributed by atoms with Crippen molar-refractivity contribution >= 4 is 15.7 Å². The first-order chi connectivity index (χ1) is 8.75. The summed E-state index contributed by atoms with van der Waals surface area (Å²) in [5, 5.41) is 9.96. The molecule has 0 heterocycles. The second-order valence-corrected chi connectivity index (χ2v) is 7.05. The zero-order valence-corrected chi connectivity index (χ0v) is 12.0. The Morgan fingerprint density at radius 3 is 2.42 bits per heavy atom. The zero-order valence-electron chi connectivity index (χ0n) is 11.2. The van der Waals surface area contributed by atoms with Gasteiger partial charge in [0.1, 0.15) is 4.90 Å². The predicted molar refractivity (Wildman–Crippen MR) is 74.3 cm³/mol. The SMILES string of the molecule is Cc1ccc(C)c(S(=O)(=O)NCC2(O)CCC2)c1N. The molecule has 1 saturated carbocycles. The molecule has 2 rings (SSSR count). The Morgan fingerprint density at radius 2 is 1.89 bits per heavy atom. The lowest BCUT2D eigenvalue weighted by Gasteiger charge is -2.36. The minimum atomic E-state index is -3.69. The van der Waals surface area contributed by atoms with E-state index in [2.05, 4.69) is 4.72 Å². The van der Waals surface area contributed by atoms with Crippen LogP contribution in [0.15, 0.2) is 17.0 Å². The maximum absolute atomic E-state index is 12.3. The quantitative estimate of drug-likeness (QED) is 0.721. The molecule has 0 aromatic heterocycles. The summed E-state index contributed by atoms with van der Waals surface area (Å²) in [5.74, 6) is 0. The number of hydrogen-bond acceptors (Lipinski definition) is 4. The standard InChI is InChI=1S/C13H20N2O3S/c1-9-4-5-10(2)12(11(9)14)19(17,18)15-8-13(16)6-3-7-13/h4-5,15-16H,3,6-8,14H2,1-2H3. The number of rotatable bonds is 4. The molecule has 1 aliphatic carbocycles. The molecule has 0 saturated heterocycles. The lowest BCUT2D eigenvalue weighted by molar-refractivity contribution is -0.0270. The van der Waals surface area contributed by atoms with E-state index in [-0.39, 0.29) is 17.1 Å². The summed E-state index contributed by atoms with van der Waals surface area (Å²) < 4.78 is 27.1. The molecule has 4 N–H and O–H groups in total. The number of anilines is 1. The molecule has 1 aromatic carbocycles. The minimum absolute atomic E-state index is 0.0438. The van der Waals surface area contributed by atoms with Gasteiger partial charge in [-0.05, 0) is 44.2 Å². The Labute approximate surface area is 113 Å². The normalized spacial score (nSPS) is 18.1. The van der Waals surface area contributed by atoms with E-state index in [4.69, 9.17) is 5.73 Å². The molecule has 1 fully saturated rings. The number of benzene rings is 1. The summed E-state index contributed by atoms with van der Waals surface area (Å²) in [6, 6.07) is 3.53. The summed E-state index contributed by atoms with van der Waals surface area (Å²) in [5.41, 5.74) is 6.59. The van der Waals surface area contributed by atoms with Gasteiger partial charge in [0.25, 0.3) is 0 Å². The summed E-state index contributed by atoms with van der Waals surface area (Å²) in [6.45, 7) is 3.53. The van der Waals surface area contributed by atoms with Crippen molar-refractivity contribution in [2.24, 2.45) is 0 Å². The van der Waals surface area contributed by atoms with Gasteiger partial charge in [0.05, 0.1) is 11.3 Å². The molecule has 6 heteroatoms. The minimum Gasteiger partial charge on any atom is -0.397 e. The third-order valence-corrected chi connectivity index (χ3v) is 5.36. The molecule has 0 atom stereocenters. The van der Waals surface area contributed by atoms with Gasteiger partial charge in [0, 0.05) is 6.54 Å². The van der Waals surface area contributed by atoms with Gasteiger partial charge < -0.3 is 10.8 Å². The molecule has 0 radical (unpaired) electrons. The largest absolute Gasteiger partial charge is 0.397 e. The van der Waals surface area contributed by atoms with Crippen LogP contribution >= 0.6 is 0 Å². The maximum atomic E-state index is 12.3. The van der Waals surface area contributed by atoms with Gasteiger partial charge >= 0.3 is 0 Å². The second kappa shape index (κ2) is 4.77. The van der Waals surface area contributed by atoms with Gasteiger partial charge in [0.2, 0.25) is 10.0 Å². The van der Waals surface area contributed by atoms with E-state index in [1.54, 1.807) is 26.0 Å². The number of nitrogen functional groups attached to an aromatic ring is 1. The van der Waals surface area contributed by atoms with Crippen LogP contribution in [-0.2, 0) is 10.0 Å². The summed E-state index contributed by atoms with van der Waals surface area (Å²) in [7, 11) is -3.69. The van der Waals surface area contributed by atoms with Gasteiger partial charge in [-0.3, -0.25) is 0 Å². The van der Waals surface area contributed by atoms with Crippen molar-refractivity contribution < 1.29 is 13.5 Å². The van der Waals surface area contributed by atoms with Crippen LogP contribution in [-0.4, -0.2) is 25.7 Å². The Bertz CT molecular complexity index is 592. The topological polar surface area (TPSA) is 92.4 Å². The molecule has 5 nitrogen and oxygen atoms in total. The van der Waals surface area contributed by atoms with Crippen LogP contribution in [0, 0.1) is 13.8 Å². The molecule has 19 heavy (non-hydrogen) atoms. The Morgan fingerprint density at radius 1 is 1.32 bits per heavy atom. The van der Waals surface area contributed by atoms with E-state index in [1.165, 1.54) is 0 Å². The number of hydrogen-bond donors (Lipinski definition) is 3. The average molecular weight is 284 g/mol. The van der Waals surface area contributed by atoms with Crippen molar-refractivity contribution in [3.63, 3.8) is 0 Å². The smallest absolute Gasteiger partial charge is 0.242 e. The van der Waals surface area contributed by atoms with E-state index >= 15 is 0 Å². The highest BCUT2D eigenvalue weighted by Gasteiger charge is 2.36. The summed E-state index contributed by atoms with van der Waals surface area (Å²) in [6.07, 6.45) is 2.21. The van der Waals surface area contributed by atoms with Crippen LogP contribution in [0.25, 0.3) is 0 Å². The summed E-state index contributed by atoms with van der Waals surface area (Å²) in [4.78, 5) is 0.121. The van der Waals surface area contributed by atoms with Gasteiger partial charge in [-0.25, -0.2) is 13.1 Å². The van der Waals surface area contributed by atoms with Crippen LogP contribution in [0.2, 0.25) is 0 Å². The molecule has 1 aromatic rings. The first kappa shape index (κ1) is 14.3. The van der Waals surface area contributed by atoms with Crippen LogP contribution in [0.3, 0.4) is 0 Å². The van der Waals surface area contributed by atoms with E-state index in [0.29, 0.717) is 18.4 Å². The number of aliphatic hydroxyl groups is 1. The van der Waals surface area contributed by atoms with Gasteiger partial charge in [-0.2, -0.15) is 0 Å². The van der Waals surface area contributed by atoms with Gasteiger partial charge in [-0.1, -0.05) is 12.1 Å². The van der Waals surface area contributed by atoms with Crippen molar-refractivity contribution in [2.45, 2.75) is 43.6 Å². The highest BCUT2D eigenvalue weighted by Crippen LogP contribution is 2.32. The maximum Gasteiger partial charge on any atom is 0.242 e. The molecule has 0 bridgehead atoms. The fourth-order valence-electron chi connectivity index (χ4n) is 2.23. The third-order valence-electron chi connectivity index (χ3n) is 3.76. The lowest BCUT2D eigenvalue weighted by Crippen LogP contribution is -2.47. The van der Waals surface area contributed by atoms with Crippen LogP contribution in [0.5, 0.6) is 0 Å². The Hall–Kier alpha value is -1.11. The lowest BCUT2D eigenvalue weighted by atomic mass is 9.81. The highest BCUT2D eigenvalue weighted by atomic mass is 32.2. The monoisotopic (exact) mass is 284 g/mol. The Kier molecular flexibility index (Phi) is 3.59. The molecular weight excluding hydrogens is 264 g/mol. The number of aryl methyl sites for hydroxylation is 2. The fraction of sp³-hybridized carbons (Fsp3) is 0.538. The molecule has 0 unspecified atom stereocenters. The van der Waals surface area contributed by atoms with Crippen molar-refractivity contribution in [1.82, 2.24) is 4.72 Å². The molecule has 0 amide bonds. The fourth-order valence-corrected chi connectivity index (χ4v) is 3.77. The zero-order chi connectivity index (χ0) is 14.3. The molecule has 1 aliphatic rings. The van der Waals surface area contributed by atoms with Crippen LogP contribution < -0.4 is 10.5 Å². The van der Waals surface area contributed by atoms with Crippen molar-refractivity contribution in [2.75, 3.05) is 12.3 Å². The molecule has 0 aliphatic heterocycles. The van der Waals surface area contributed by atoms with Crippen molar-refractivity contribution in [3.05, 3.63) is 23.3 Å². The molecular formula is C13H20N2O3S. The van der Waals surface area contributed by atoms with Crippen molar-refractivity contribution in [1.29, 1.82) is 0 Å². The van der Waals surface area contributed by atoms with Crippen LogP contribution in [0.1, 0.15) is 30.4 Å². The van der Waals surface area contributed by atoms with E-state index in [9.17, 15) is 13.5 Å². The first-order valence-electron chi connectivity index (χ1n) is 6.33. The number of nitrogens with one attached hydrogen (secondary N) is 1. The van der Waals surface area contributed by atoms with Gasteiger partial charge in [0.15, 0.2) is 0 Å². The van der Waals surface area contributed by atoms with E-state index in [1.807, 2.05) is 0 Å². The second-order valence-electron chi connectivity index (χ2n) is 5.34. The van der Waals surface area contributed by atoms with E-state index in [0.717, 1.165) is 12.0 Å². The van der Waals surface area contributed by atoms with Crippen LogP contribution in [0.4, 0.5) is 5.69 Å². The Balaban J connectivity index is 2.27. The summed E-state index contributed by atoms with van der Waals surface area (Å²) >= 11 is 0. The number of nitrogens with two attached hydrogens (primary N) is 1. The highest BCUT2D eigenvalue weighted by molar-refractivity contribution is 7.89. The van der Waals surface area contributed by atoms with Crippen molar-refractivity contribution in [3.8, 4) is 0 Å². The molecule has 0 spiro atoms. The number of sulfonamides is 1.